The Balaban J connectivity index is 2.91. The Morgan fingerprint density at radius 3 is 2.92 bits per heavy atom. The normalized spacial score (nSPS) is 9.31. The molecule has 0 saturated carbocycles. The first-order valence-corrected chi connectivity index (χ1v) is 3.86. The third-order valence-corrected chi connectivity index (χ3v) is 1.70. The van der Waals surface area contributed by atoms with Gasteiger partial charge in [0.15, 0.2) is 0 Å². The van der Waals surface area contributed by atoms with Crippen molar-refractivity contribution >= 4 is 12.5 Å². The standard InChI is InChI=1S/C10H10FNO/c1-2-8-5-10(11)4-3-9(8)6-12-7-13/h2-5,7H,1,6H2,(H,12,13). The molecule has 0 unspecified atom stereocenters. The third-order valence-electron chi connectivity index (χ3n) is 1.70. The van der Waals surface area contributed by atoms with E-state index >= 15 is 0 Å². The average Bonchev–Trinajstić information content (AvgIpc) is 2.16. The van der Waals surface area contributed by atoms with Crippen molar-refractivity contribution in [2.45, 2.75) is 6.54 Å². The highest BCUT2D eigenvalue weighted by molar-refractivity contribution is 5.53. The van der Waals surface area contributed by atoms with E-state index in [1.807, 2.05) is 0 Å². The van der Waals surface area contributed by atoms with Gasteiger partial charge in [-0.2, -0.15) is 0 Å². The van der Waals surface area contributed by atoms with E-state index in [1.54, 1.807) is 12.1 Å². The first kappa shape index (κ1) is 9.45. The Morgan fingerprint density at radius 1 is 1.54 bits per heavy atom. The Kier molecular flexibility index (Phi) is 3.20. The summed E-state index contributed by atoms with van der Waals surface area (Å²) in [6.07, 6.45) is 2.17. The lowest BCUT2D eigenvalue weighted by molar-refractivity contribution is -0.109. The molecule has 1 N–H and O–H groups in total. The number of benzene rings is 1. The zero-order chi connectivity index (χ0) is 9.68. The van der Waals surface area contributed by atoms with Gasteiger partial charge in [0.05, 0.1) is 0 Å². The van der Waals surface area contributed by atoms with Crippen molar-refractivity contribution in [2.75, 3.05) is 0 Å². The monoisotopic (exact) mass is 179 g/mol. The lowest BCUT2D eigenvalue weighted by Crippen LogP contribution is -2.10. The molecule has 0 spiro atoms. The molecule has 0 radical (unpaired) electrons. The van der Waals surface area contributed by atoms with Crippen LogP contribution in [0.25, 0.3) is 6.08 Å². The van der Waals surface area contributed by atoms with Gasteiger partial charge in [-0.25, -0.2) is 4.39 Å². The summed E-state index contributed by atoms with van der Waals surface area (Å²) in [5.41, 5.74) is 1.55. The smallest absolute Gasteiger partial charge is 0.207 e. The molecular weight excluding hydrogens is 169 g/mol. The molecular formula is C10H10FNO. The van der Waals surface area contributed by atoms with E-state index in [2.05, 4.69) is 11.9 Å². The van der Waals surface area contributed by atoms with Crippen molar-refractivity contribution in [3.63, 3.8) is 0 Å². The van der Waals surface area contributed by atoms with Crippen LogP contribution in [0.3, 0.4) is 0 Å². The molecule has 0 bridgehead atoms. The molecule has 0 aromatic heterocycles. The SMILES string of the molecule is C=Cc1cc(F)ccc1CNC=O. The first-order chi connectivity index (χ1) is 6.27. The Labute approximate surface area is 76.1 Å². The maximum absolute atomic E-state index is 12.7. The second-order valence-electron chi connectivity index (χ2n) is 2.55. The molecule has 1 amide bonds. The zero-order valence-corrected chi connectivity index (χ0v) is 7.09. The van der Waals surface area contributed by atoms with Crippen LogP contribution in [0.15, 0.2) is 24.8 Å². The van der Waals surface area contributed by atoms with Crippen LogP contribution in [0.5, 0.6) is 0 Å². The molecule has 0 heterocycles. The van der Waals surface area contributed by atoms with Crippen LogP contribution < -0.4 is 5.32 Å². The Hall–Kier alpha value is -1.64. The van der Waals surface area contributed by atoms with Crippen molar-refractivity contribution in [3.05, 3.63) is 41.7 Å². The molecule has 0 saturated heterocycles. The summed E-state index contributed by atoms with van der Waals surface area (Å²) in [7, 11) is 0. The topological polar surface area (TPSA) is 29.1 Å². The van der Waals surface area contributed by atoms with Crippen molar-refractivity contribution in [1.29, 1.82) is 0 Å². The van der Waals surface area contributed by atoms with Gasteiger partial charge in [0.2, 0.25) is 6.41 Å². The molecule has 1 aromatic carbocycles. The number of amides is 1. The predicted octanol–water partition coefficient (Wildman–Crippen LogP) is 1.71. The highest BCUT2D eigenvalue weighted by Crippen LogP contribution is 2.12. The maximum atomic E-state index is 12.7. The average molecular weight is 179 g/mol. The molecule has 0 fully saturated rings. The van der Waals surface area contributed by atoms with Crippen molar-refractivity contribution in [3.8, 4) is 0 Å². The summed E-state index contributed by atoms with van der Waals surface area (Å²) in [5, 5.41) is 2.51. The van der Waals surface area contributed by atoms with Crippen molar-refractivity contribution in [1.82, 2.24) is 5.32 Å². The summed E-state index contributed by atoms with van der Waals surface area (Å²) < 4.78 is 12.7. The molecule has 0 atom stereocenters. The third kappa shape index (κ3) is 2.40. The van der Waals surface area contributed by atoms with Crippen LogP contribution in [0.1, 0.15) is 11.1 Å². The minimum Gasteiger partial charge on any atom is -0.355 e. The molecule has 0 aliphatic heterocycles. The molecule has 3 heteroatoms. The lowest BCUT2D eigenvalue weighted by Gasteiger charge is -2.04. The summed E-state index contributed by atoms with van der Waals surface area (Å²) in [5.74, 6) is -0.301. The molecule has 1 aromatic rings. The number of hydrogen-bond donors (Lipinski definition) is 1. The number of hydrogen-bond acceptors (Lipinski definition) is 1. The van der Waals surface area contributed by atoms with Crippen LogP contribution in [0.2, 0.25) is 0 Å². The quantitative estimate of drug-likeness (QED) is 0.700. The summed E-state index contributed by atoms with van der Waals surface area (Å²) in [4.78, 5) is 10.0. The van der Waals surface area contributed by atoms with Crippen molar-refractivity contribution < 1.29 is 9.18 Å². The van der Waals surface area contributed by atoms with E-state index < -0.39 is 0 Å². The van der Waals surface area contributed by atoms with Gasteiger partial charge >= 0.3 is 0 Å². The molecule has 1 rings (SSSR count). The fourth-order valence-corrected chi connectivity index (χ4v) is 1.07. The molecule has 0 aliphatic carbocycles. The Bertz CT molecular complexity index is 323. The van der Waals surface area contributed by atoms with Crippen LogP contribution in [0, 0.1) is 5.82 Å². The number of halogens is 1. The minimum atomic E-state index is -0.301. The maximum Gasteiger partial charge on any atom is 0.207 e. The lowest BCUT2D eigenvalue weighted by atomic mass is 10.1. The van der Waals surface area contributed by atoms with Crippen LogP contribution >= 0.6 is 0 Å². The zero-order valence-electron chi connectivity index (χ0n) is 7.09. The summed E-state index contributed by atoms with van der Waals surface area (Å²) >= 11 is 0. The van der Waals surface area contributed by atoms with Crippen LogP contribution in [0.4, 0.5) is 4.39 Å². The van der Waals surface area contributed by atoms with Gasteiger partial charge in [-0.3, -0.25) is 4.79 Å². The van der Waals surface area contributed by atoms with Gasteiger partial charge in [-0.05, 0) is 23.3 Å². The Morgan fingerprint density at radius 2 is 2.31 bits per heavy atom. The van der Waals surface area contributed by atoms with Gasteiger partial charge < -0.3 is 5.32 Å². The summed E-state index contributed by atoms with van der Waals surface area (Å²) in [6, 6.07) is 4.37. The van der Waals surface area contributed by atoms with E-state index in [4.69, 9.17) is 0 Å². The summed E-state index contributed by atoms with van der Waals surface area (Å²) in [6.45, 7) is 3.95. The predicted molar refractivity (Wildman–Crippen MR) is 49.4 cm³/mol. The van der Waals surface area contributed by atoms with Gasteiger partial charge in [0.1, 0.15) is 5.82 Å². The second-order valence-corrected chi connectivity index (χ2v) is 2.55. The number of rotatable bonds is 4. The number of carbonyl (C=O) groups is 1. The second kappa shape index (κ2) is 4.40. The molecule has 2 nitrogen and oxygen atoms in total. The van der Waals surface area contributed by atoms with E-state index in [0.717, 1.165) is 5.56 Å². The molecule has 13 heavy (non-hydrogen) atoms. The number of carbonyl (C=O) groups excluding carboxylic acids is 1. The highest BCUT2D eigenvalue weighted by atomic mass is 19.1. The van der Waals surface area contributed by atoms with E-state index in [0.29, 0.717) is 18.5 Å². The van der Waals surface area contributed by atoms with Gasteiger partial charge in [-0.15, -0.1) is 0 Å². The van der Waals surface area contributed by atoms with Gasteiger partial charge in [-0.1, -0.05) is 18.7 Å². The van der Waals surface area contributed by atoms with Gasteiger partial charge in [0, 0.05) is 6.54 Å². The molecule has 68 valence electrons. The largest absolute Gasteiger partial charge is 0.355 e. The minimum absolute atomic E-state index is 0.301. The fourth-order valence-electron chi connectivity index (χ4n) is 1.07. The highest BCUT2D eigenvalue weighted by Gasteiger charge is 1.99. The van der Waals surface area contributed by atoms with Crippen LogP contribution in [-0.4, -0.2) is 6.41 Å². The molecule has 0 aliphatic rings. The van der Waals surface area contributed by atoms with Gasteiger partial charge in [0.25, 0.3) is 0 Å². The van der Waals surface area contributed by atoms with E-state index in [1.165, 1.54) is 12.1 Å². The van der Waals surface area contributed by atoms with E-state index in [9.17, 15) is 9.18 Å². The first-order valence-electron chi connectivity index (χ1n) is 3.86. The van der Waals surface area contributed by atoms with Crippen LogP contribution in [-0.2, 0) is 11.3 Å². The fraction of sp³-hybridized carbons (Fsp3) is 0.100. The van der Waals surface area contributed by atoms with Crippen molar-refractivity contribution in [2.24, 2.45) is 0 Å². The van der Waals surface area contributed by atoms with E-state index in [-0.39, 0.29) is 5.82 Å². The number of nitrogens with one attached hydrogen (secondary N) is 1.